The number of hydrogen-bond acceptors (Lipinski definition) is 4. The van der Waals surface area contributed by atoms with E-state index >= 15 is 0 Å². The molecule has 2 aromatic rings. The van der Waals surface area contributed by atoms with Gasteiger partial charge in [0.1, 0.15) is 0 Å². The van der Waals surface area contributed by atoms with Crippen LogP contribution in [0.5, 0.6) is 0 Å². The molecule has 5 heteroatoms. The Kier molecular flexibility index (Phi) is 6.22. The van der Waals surface area contributed by atoms with Gasteiger partial charge in [-0.15, -0.1) is 0 Å². The molecule has 1 fully saturated rings. The van der Waals surface area contributed by atoms with Crippen molar-refractivity contribution < 1.29 is 9.90 Å². The maximum atomic E-state index is 12.8. The number of piperidine rings is 1. The van der Waals surface area contributed by atoms with Crippen molar-refractivity contribution in [2.24, 2.45) is 0 Å². The fraction of sp³-hybridized carbons (Fsp3) is 0.524. The zero-order valence-corrected chi connectivity index (χ0v) is 15.8. The van der Waals surface area contributed by atoms with Crippen molar-refractivity contribution in [1.29, 1.82) is 0 Å². The molecule has 140 valence electrons. The van der Waals surface area contributed by atoms with Crippen LogP contribution in [0.2, 0.25) is 0 Å². The van der Waals surface area contributed by atoms with E-state index in [1.54, 1.807) is 0 Å². The molecule has 0 unspecified atom stereocenters. The first-order valence-corrected chi connectivity index (χ1v) is 9.65. The second kappa shape index (κ2) is 8.60. The van der Waals surface area contributed by atoms with Gasteiger partial charge in [-0.2, -0.15) is 0 Å². The highest BCUT2D eigenvalue weighted by atomic mass is 16.3. The molecule has 0 radical (unpaired) electrons. The summed E-state index contributed by atoms with van der Waals surface area (Å²) in [5, 5.41) is 13.5. The van der Waals surface area contributed by atoms with Gasteiger partial charge in [0.15, 0.2) is 0 Å². The summed E-state index contributed by atoms with van der Waals surface area (Å²) in [5.74, 6) is -0.0497. The van der Waals surface area contributed by atoms with Crippen molar-refractivity contribution >= 4 is 16.8 Å². The number of fused-ring (bicyclic) bond motifs is 1. The van der Waals surface area contributed by atoms with E-state index in [-0.39, 0.29) is 18.6 Å². The predicted molar refractivity (Wildman–Crippen MR) is 104 cm³/mol. The largest absolute Gasteiger partial charge is 0.395 e. The number of nitrogens with zero attached hydrogens (tertiary/aromatic N) is 2. The third-order valence-electron chi connectivity index (χ3n) is 5.30. The molecular formula is C21H29N3O2. The minimum Gasteiger partial charge on any atom is -0.395 e. The van der Waals surface area contributed by atoms with E-state index in [1.807, 2.05) is 19.1 Å². The van der Waals surface area contributed by atoms with Crippen LogP contribution < -0.4 is 5.32 Å². The molecule has 0 bridgehead atoms. The number of aliphatic hydroxyl groups is 1. The first-order valence-electron chi connectivity index (χ1n) is 9.65. The van der Waals surface area contributed by atoms with Crippen molar-refractivity contribution in [3.05, 3.63) is 41.1 Å². The van der Waals surface area contributed by atoms with Crippen LogP contribution in [0.3, 0.4) is 0 Å². The minimum atomic E-state index is -0.0497. The summed E-state index contributed by atoms with van der Waals surface area (Å²) < 4.78 is 0. The van der Waals surface area contributed by atoms with E-state index in [4.69, 9.17) is 0 Å². The average molecular weight is 355 g/mol. The molecule has 0 spiro atoms. The highest BCUT2D eigenvalue weighted by Gasteiger charge is 2.21. The Morgan fingerprint density at radius 3 is 2.96 bits per heavy atom. The number of aliphatic hydroxyl groups excluding tert-OH is 1. The number of aromatic nitrogens is 1. The smallest absolute Gasteiger partial charge is 0.252 e. The topological polar surface area (TPSA) is 65.5 Å². The number of rotatable bonds is 6. The van der Waals surface area contributed by atoms with Crippen LogP contribution in [0, 0.1) is 6.92 Å². The van der Waals surface area contributed by atoms with Gasteiger partial charge in [0.05, 0.1) is 17.7 Å². The van der Waals surface area contributed by atoms with Gasteiger partial charge in [-0.3, -0.25) is 14.7 Å². The fourth-order valence-electron chi connectivity index (χ4n) is 3.78. The lowest BCUT2D eigenvalue weighted by molar-refractivity contribution is 0.0850. The molecule has 26 heavy (non-hydrogen) atoms. The second-order valence-electron chi connectivity index (χ2n) is 7.14. The van der Waals surface area contributed by atoms with Gasteiger partial charge in [-0.1, -0.05) is 19.4 Å². The van der Waals surface area contributed by atoms with Gasteiger partial charge in [0.25, 0.3) is 5.91 Å². The van der Waals surface area contributed by atoms with Crippen LogP contribution in [-0.4, -0.2) is 53.2 Å². The number of carbonyl (C=O) groups excluding carboxylic acids is 1. The Morgan fingerprint density at radius 2 is 2.19 bits per heavy atom. The maximum absolute atomic E-state index is 12.8. The summed E-state index contributed by atoms with van der Waals surface area (Å²) in [7, 11) is 0. The van der Waals surface area contributed by atoms with Crippen LogP contribution in [0.15, 0.2) is 24.3 Å². The van der Waals surface area contributed by atoms with Crippen molar-refractivity contribution in [1.82, 2.24) is 15.2 Å². The third kappa shape index (κ3) is 4.22. The minimum absolute atomic E-state index is 0.0497. The van der Waals surface area contributed by atoms with Crippen LogP contribution in [0.4, 0.5) is 0 Å². The summed E-state index contributed by atoms with van der Waals surface area (Å²) in [4.78, 5) is 19.6. The number of aryl methyl sites for hydroxylation is 2. The molecule has 2 N–H and O–H groups in total. The Hall–Kier alpha value is -1.98. The molecule has 5 nitrogen and oxygen atoms in total. The number of nitrogens with one attached hydrogen (secondary N) is 1. The number of likely N-dealkylation sites (tertiary alicyclic amines) is 1. The van der Waals surface area contributed by atoms with Crippen LogP contribution >= 0.6 is 0 Å². The monoisotopic (exact) mass is 355 g/mol. The van der Waals surface area contributed by atoms with E-state index < -0.39 is 0 Å². The molecule has 2 heterocycles. The highest BCUT2D eigenvalue weighted by molar-refractivity contribution is 6.06. The lowest BCUT2D eigenvalue weighted by Crippen LogP contribution is -2.45. The first-order chi connectivity index (χ1) is 12.6. The van der Waals surface area contributed by atoms with Crippen molar-refractivity contribution in [2.75, 3.05) is 26.2 Å². The number of pyridine rings is 1. The van der Waals surface area contributed by atoms with Gasteiger partial charge < -0.3 is 10.4 Å². The lowest BCUT2D eigenvalue weighted by atomic mass is 10.0. The Labute approximate surface area is 155 Å². The Bertz CT molecular complexity index is 775. The summed E-state index contributed by atoms with van der Waals surface area (Å²) in [5.41, 5.74) is 3.61. The molecule has 0 aliphatic carbocycles. The molecule has 3 rings (SSSR count). The normalized spacial score (nSPS) is 18.2. The third-order valence-corrected chi connectivity index (χ3v) is 5.30. The van der Waals surface area contributed by atoms with Crippen LogP contribution in [0.25, 0.3) is 10.9 Å². The molecule has 1 atom stereocenters. The summed E-state index contributed by atoms with van der Waals surface area (Å²) >= 11 is 0. The van der Waals surface area contributed by atoms with Crippen LogP contribution in [-0.2, 0) is 6.42 Å². The highest BCUT2D eigenvalue weighted by Crippen LogP contribution is 2.21. The summed E-state index contributed by atoms with van der Waals surface area (Å²) in [6.45, 7) is 6.59. The van der Waals surface area contributed by atoms with E-state index in [1.165, 1.54) is 18.4 Å². The number of carbonyl (C=O) groups is 1. The van der Waals surface area contributed by atoms with Crippen LogP contribution in [0.1, 0.15) is 47.8 Å². The fourth-order valence-corrected chi connectivity index (χ4v) is 3.78. The molecule has 1 aliphatic heterocycles. The summed E-state index contributed by atoms with van der Waals surface area (Å²) in [6.07, 6.45) is 4.31. The van der Waals surface area contributed by atoms with E-state index in [0.717, 1.165) is 42.5 Å². The number of amides is 1. The Morgan fingerprint density at radius 1 is 1.35 bits per heavy atom. The number of hydrogen-bond donors (Lipinski definition) is 2. The molecule has 1 aromatic carbocycles. The lowest BCUT2D eigenvalue weighted by Gasteiger charge is -2.34. The molecule has 1 saturated heterocycles. The van der Waals surface area contributed by atoms with Gasteiger partial charge >= 0.3 is 0 Å². The second-order valence-corrected chi connectivity index (χ2v) is 7.14. The van der Waals surface area contributed by atoms with E-state index in [9.17, 15) is 9.90 Å². The molecular weight excluding hydrogens is 326 g/mol. The van der Waals surface area contributed by atoms with Gasteiger partial charge in [0.2, 0.25) is 0 Å². The zero-order valence-electron chi connectivity index (χ0n) is 15.8. The molecule has 1 aromatic heterocycles. The standard InChI is InChI=1S/C21H29N3O2/c1-3-16-7-8-20-18(13-16)19(12-15(2)23-20)21(26)22-9-11-24-10-5-4-6-17(24)14-25/h7-8,12-13,17,25H,3-6,9-11,14H2,1-2H3,(H,22,26)/t17-/m0/s1. The molecule has 0 saturated carbocycles. The van der Waals surface area contributed by atoms with E-state index in [2.05, 4.69) is 34.3 Å². The van der Waals surface area contributed by atoms with E-state index in [0.29, 0.717) is 12.1 Å². The first kappa shape index (κ1) is 18.8. The summed E-state index contributed by atoms with van der Waals surface area (Å²) in [6, 6.07) is 8.24. The predicted octanol–water partition coefficient (Wildman–Crippen LogP) is 2.68. The van der Waals surface area contributed by atoms with Crippen molar-refractivity contribution in [2.45, 2.75) is 45.6 Å². The number of benzene rings is 1. The van der Waals surface area contributed by atoms with Gasteiger partial charge in [-0.05, 0) is 56.5 Å². The van der Waals surface area contributed by atoms with Crippen molar-refractivity contribution in [3.8, 4) is 0 Å². The van der Waals surface area contributed by atoms with Gasteiger partial charge in [-0.25, -0.2) is 0 Å². The quantitative estimate of drug-likeness (QED) is 0.836. The average Bonchev–Trinajstić information content (AvgIpc) is 2.67. The van der Waals surface area contributed by atoms with Gasteiger partial charge in [0, 0.05) is 30.2 Å². The molecule has 1 amide bonds. The Balaban J connectivity index is 1.71. The zero-order chi connectivity index (χ0) is 18.5. The van der Waals surface area contributed by atoms with Crippen molar-refractivity contribution in [3.63, 3.8) is 0 Å². The maximum Gasteiger partial charge on any atom is 0.252 e. The molecule has 1 aliphatic rings. The SMILES string of the molecule is CCc1ccc2nc(C)cc(C(=O)NCCN3CCCC[C@H]3CO)c2c1.